The maximum atomic E-state index is 12.6. The van der Waals surface area contributed by atoms with E-state index in [9.17, 15) is 14.4 Å². The van der Waals surface area contributed by atoms with Gasteiger partial charge in [-0.3, -0.25) is 14.4 Å². The first kappa shape index (κ1) is 22.2. The molecule has 2 aromatic carbocycles. The number of morpholine rings is 1. The number of anilines is 3. The number of carbonyl (C=O) groups is 3. The number of hydrogen-bond acceptors (Lipinski definition) is 6. The predicted octanol–water partition coefficient (Wildman–Crippen LogP) is 2.42. The highest BCUT2D eigenvalue weighted by Gasteiger charge is 2.30. The molecule has 2 aromatic rings. The SMILES string of the molecule is CN(CC(=O)Nc1ccc(N2CCOCC2)cc1)C(=O)CC1Sc2ccccc2NC1=O. The maximum Gasteiger partial charge on any atom is 0.243 e. The molecule has 0 aromatic heterocycles. The summed E-state index contributed by atoms with van der Waals surface area (Å²) in [5.74, 6) is -0.735. The molecule has 168 valence electrons. The molecule has 1 atom stereocenters. The average Bonchev–Trinajstić information content (AvgIpc) is 2.80. The van der Waals surface area contributed by atoms with Crippen molar-refractivity contribution in [3.63, 3.8) is 0 Å². The largest absolute Gasteiger partial charge is 0.378 e. The van der Waals surface area contributed by atoms with Crippen molar-refractivity contribution in [1.29, 1.82) is 0 Å². The van der Waals surface area contributed by atoms with Gasteiger partial charge in [0.1, 0.15) is 0 Å². The molecule has 2 aliphatic heterocycles. The van der Waals surface area contributed by atoms with Crippen molar-refractivity contribution >= 4 is 46.5 Å². The van der Waals surface area contributed by atoms with Crippen LogP contribution in [0.2, 0.25) is 0 Å². The van der Waals surface area contributed by atoms with Crippen LogP contribution >= 0.6 is 11.8 Å². The van der Waals surface area contributed by atoms with E-state index < -0.39 is 5.25 Å². The van der Waals surface area contributed by atoms with Gasteiger partial charge in [0.05, 0.1) is 30.7 Å². The van der Waals surface area contributed by atoms with Gasteiger partial charge in [0, 0.05) is 42.8 Å². The molecule has 2 N–H and O–H groups in total. The van der Waals surface area contributed by atoms with Crippen LogP contribution in [0.15, 0.2) is 53.4 Å². The Hall–Kier alpha value is -3.04. The monoisotopic (exact) mass is 454 g/mol. The van der Waals surface area contributed by atoms with Gasteiger partial charge < -0.3 is 25.2 Å². The normalized spacial score (nSPS) is 17.8. The summed E-state index contributed by atoms with van der Waals surface area (Å²) in [6.07, 6.45) is 0.0306. The fourth-order valence-corrected chi connectivity index (χ4v) is 4.72. The number of likely N-dealkylation sites (N-methyl/N-ethyl adjacent to an activating group) is 1. The van der Waals surface area contributed by atoms with Crippen LogP contribution in [0.3, 0.4) is 0 Å². The number of nitrogens with one attached hydrogen (secondary N) is 2. The Bertz CT molecular complexity index is 992. The zero-order chi connectivity index (χ0) is 22.5. The number of rotatable bonds is 6. The molecule has 1 saturated heterocycles. The summed E-state index contributed by atoms with van der Waals surface area (Å²) in [5, 5.41) is 5.14. The van der Waals surface area contributed by atoms with Gasteiger partial charge in [0.2, 0.25) is 17.7 Å². The summed E-state index contributed by atoms with van der Waals surface area (Å²) in [6, 6.07) is 15.1. The van der Waals surface area contributed by atoms with Crippen molar-refractivity contribution in [2.24, 2.45) is 0 Å². The smallest absolute Gasteiger partial charge is 0.243 e. The minimum atomic E-state index is -0.518. The van der Waals surface area contributed by atoms with Crippen LogP contribution in [0.25, 0.3) is 0 Å². The molecule has 32 heavy (non-hydrogen) atoms. The van der Waals surface area contributed by atoms with E-state index in [2.05, 4.69) is 15.5 Å². The lowest BCUT2D eigenvalue weighted by atomic mass is 10.2. The fourth-order valence-electron chi connectivity index (χ4n) is 3.62. The first-order valence-electron chi connectivity index (χ1n) is 10.5. The van der Waals surface area contributed by atoms with Crippen LogP contribution in [0, 0.1) is 0 Å². The molecule has 0 bridgehead atoms. The second-order valence-corrected chi connectivity index (χ2v) is 8.98. The van der Waals surface area contributed by atoms with Crippen LogP contribution in [-0.2, 0) is 19.1 Å². The Morgan fingerprint density at radius 3 is 2.62 bits per heavy atom. The number of carbonyl (C=O) groups excluding carboxylic acids is 3. The van der Waals surface area contributed by atoms with Gasteiger partial charge >= 0.3 is 0 Å². The average molecular weight is 455 g/mol. The highest BCUT2D eigenvalue weighted by atomic mass is 32.2. The van der Waals surface area contributed by atoms with Crippen LogP contribution in [0.5, 0.6) is 0 Å². The van der Waals surface area contributed by atoms with Gasteiger partial charge in [0.25, 0.3) is 0 Å². The topological polar surface area (TPSA) is 91.0 Å². The molecule has 0 saturated carbocycles. The third-order valence-corrected chi connectivity index (χ3v) is 6.68. The summed E-state index contributed by atoms with van der Waals surface area (Å²) in [5.41, 5.74) is 2.52. The molecular weight excluding hydrogens is 428 g/mol. The number of ether oxygens (including phenoxy) is 1. The second-order valence-electron chi connectivity index (χ2n) is 7.74. The lowest BCUT2D eigenvalue weighted by Crippen LogP contribution is -2.39. The molecule has 0 radical (unpaired) electrons. The van der Waals surface area contributed by atoms with Crippen LogP contribution in [0.1, 0.15) is 6.42 Å². The van der Waals surface area contributed by atoms with E-state index in [1.54, 1.807) is 7.05 Å². The molecule has 3 amide bonds. The number of nitrogens with zero attached hydrogens (tertiary/aromatic N) is 2. The van der Waals surface area contributed by atoms with Crippen LogP contribution in [0.4, 0.5) is 17.1 Å². The highest BCUT2D eigenvalue weighted by Crippen LogP contribution is 2.36. The summed E-state index contributed by atoms with van der Waals surface area (Å²) < 4.78 is 5.37. The summed E-state index contributed by atoms with van der Waals surface area (Å²) in [7, 11) is 1.57. The lowest BCUT2D eigenvalue weighted by Gasteiger charge is -2.29. The number of hydrogen-bond donors (Lipinski definition) is 2. The number of benzene rings is 2. The van der Waals surface area contributed by atoms with E-state index in [0.29, 0.717) is 18.9 Å². The van der Waals surface area contributed by atoms with E-state index in [4.69, 9.17) is 4.74 Å². The second kappa shape index (κ2) is 10.1. The molecule has 1 unspecified atom stereocenters. The standard InChI is InChI=1S/C23H26N4O4S/c1-26(22(29)14-20-23(30)25-18-4-2-3-5-19(18)32-20)15-21(28)24-16-6-8-17(9-7-16)27-10-12-31-13-11-27/h2-9,20H,10-15H2,1H3,(H,24,28)(H,25,30). The van der Waals surface area contributed by atoms with Gasteiger partial charge in [-0.1, -0.05) is 12.1 Å². The number of amides is 3. The Balaban J connectivity index is 1.27. The van der Waals surface area contributed by atoms with Gasteiger partial charge in [0.15, 0.2) is 0 Å². The summed E-state index contributed by atoms with van der Waals surface area (Å²) in [6.45, 7) is 3.04. The van der Waals surface area contributed by atoms with Gasteiger partial charge in [-0.2, -0.15) is 0 Å². The van der Waals surface area contributed by atoms with Crippen molar-refractivity contribution in [2.45, 2.75) is 16.6 Å². The third kappa shape index (κ3) is 5.41. The molecule has 0 spiro atoms. The Kier molecular flexibility index (Phi) is 6.96. The van der Waals surface area contributed by atoms with E-state index in [1.165, 1.54) is 16.7 Å². The Morgan fingerprint density at radius 1 is 1.16 bits per heavy atom. The summed E-state index contributed by atoms with van der Waals surface area (Å²) >= 11 is 1.37. The molecule has 8 nitrogen and oxygen atoms in total. The van der Waals surface area contributed by atoms with E-state index in [0.717, 1.165) is 29.4 Å². The predicted molar refractivity (Wildman–Crippen MR) is 125 cm³/mol. The van der Waals surface area contributed by atoms with Crippen molar-refractivity contribution in [3.05, 3.63) is 48.5 Å². The zero-order valence-electron chi connectivity index (χ0n) is 17.9. The van der Waals surface area contributed by atoms with Crippen LogP contribution in [-0.4, -0.2) is 67.8 Å². The minimum Gasteiger partial charge on any atom is -0.378 e. The molecule has 2 heterocycles. The third-order valence-electron chi connectivity index (χ3n) is 5.40. The fraction of sp³-hybridized carbons (Fsp3) is 0.348. The Labute approximate surface area is 191 Å². The van der Waals surface area contributed by atoms with Gasteiger partial charge in [-0.05, 0) is 36.4 Å². The van der Waals surface area contributed by atoms with E-state index >= 15 is 0 Å². The highest BCUT2D eigenvalue weighted by molar-refractivity contribution is 8.01. The van der Waals surface area contributed by atoms with Crippen LogP contribution < -0.4 is 15.5 Å². The lowest BCUT2D eigenvalue weighted by molar-refractivity contribution is -0.134. The maximum absolute atomic E-state index is 12.6. The quantitative estimate of drug-likeness (QED) is 0.697. The molecule has 2 aliphatic rings. The van der Waals surface area contributed by atoms with Crippen molar-refractivity contribution in [2.75, 3.05) is 55.4 Å². The first-order chi connectivity index (χ1) is 15.5. The zero-order valence-corrected chi connectivity index (χ0v) is 18.7. The van der Waals surface area contributed by atoms with E-state index in [-0.39, 0.29) is 30.7 Å². The van der Waals surface area contributed by atoms with Crippen molar-refractivity contribution in [3.8, 4) is 0 Å². The molecule has 0 aliphatic carbocycles. The number of fused-ring (bicyclic) bond motifs is 1. The Morgan fingerprint density at radius 2 is 1.88 bits per heavy atom. The van der Waals surface area contributed by atoms with Crippen molar-refractivity contribution < 1.29 is 19.1 Å². The van der Waals surface area contributed by atoms with Crippen molar-refractivity contribution in [1.82, 2.24) is 4.90 Å². The minimum absolute atomic E-state index is 0.0306. The first-order valence-corrected chi connectivity index (χ1v) is 11.4. The number of thioether (sulfide) groups is 1. The number of para-hydroxylation sites is 1. The van der Waals surface area contributed by atoms with Gasteiger partial charge in [-0.15, -0.1) is 11.8 Å². The molecule has 1 fully saturated rings. The summed E-state index contributed by atoms with van der Waals surface area (Å²) in [4.78, 5) is 41.9. The molecule has 4 rings (SSSR count). The van der Waals surface area contributed by atoms with E-state index in [1.807, 2.05) is 48.5 Å². The molecule has 9 heteroatoms. The van der Waals surface area contributed by atoms with Gasteiger partial charge in [-0.25, -0.2) is 0 Å². The molecular formula is C23H26N4O4S.